The number of hydrogen-bond donors (Lipinski definition) is 0. The van der Waals surface area contributed by atoms with Crippen LogP contribution in [-0.2, 0) is 10.2 Å². The van der Waals surface area contributed by atoms with Crippen LogP contribution in [0.5, 0.6) is 0 Å². The lowest BCUT2D eigenvalue weighted by atomic mass is 9.92. The summed E-state index contributed by atoms with van der Waals surface area (Å²) >= 11 is 6.05. The van der Waals surface area contributed by atoms with Crippen molar-refractivity contribution in [3.63, 3.8) is 0 Å². The highest BCUT2D eigenvalue weighted by atomic mass is 35.5. The van der Waals surface area contributed by atoms with E-state index in [0.29, 0.717) is 36.4 Å². The molecule has 1 saturated heterocycles. The van der Waals surface area contributed by atoms with E-state index in [9.17, 15) is 8.42 Å². The van der Waals surface area contributed by atoms with Gasteiger partial charge in [-0.05, 0) is 43.2 Å². The van der Waals surface area contributed by atoms with E-state index in [4.69, 9.17) is 16.1 Å². The van der Waals surface area contributed by atoms with Crippen molar-refractivity contribution in [2.24, 2.45) is 5.41 Å². The van der Waals surface area contributed by atoms with Crippen molar-refractivity contribution in [1.29, 1.82) is 0 Å². The van der Waals surface area contributed by atoms with Crippen molar-refractivity contribution in [3.8, 4) is 11.4 Å². The quantitative estimate of drug-likeness (QED) is 0.654. The van der Waals surface area contributed by atoms with Gasteiger partial charge >= 0.3 is 0 Å². The van der Waals surface area contributed by atoms with Gasteiger partial charge in [0.25, 0.3) is 10.2 Å². The van der Waals surface area contributed by atoms with E-state index in [1.165, 1.54) is 4.31 Å². The smallest absolute Gasteiger partial charge is 0.281 e. The molecule has 0 bridgehead atoms. The van der Waals surface area contributed by atoms with E-state index in [0.717, 1.165) is 37.7 Å². The lowest BCUT2D eigenvalue weighted by molar-refractivity contribution is 0.231. The van der Waals surface area contributed by atoms with Crippen molar-refractivity contribution in [2.45, 2.75) is 44.9 Å². The average Bonchev–Trinajstić information content (AvgIpc) is 3.17. The fraction of sp³-hybridized carbons (Fsp3) is 0.600. The first-order chi connectivity index (χ1) is 13.9. The SMILES string of the molecule is CCCCN(C)S(=O)(=O)N1CCC2(CC1)C[C@H]2c1nc(-c2cccc(Cl)c2)no1. The zero-order valence-corrected chi connectivity index (χ0v) is 18.4. The van der Waals surface area contributed by atoms with Gasteiger partial charge in [0.1, 0.15) is 0 Å². The van der Waals surface area contributed by atoms with Crippen LogP contribution in [-0.4, -0.2) is 53.9 Å². The number of halogens is 1. The Morgan fingerprint density at radius 3 is 2.79 bits per heavy atom. The topological polar surface area (TPSA) is 79.5 Å². The number of benzene rings is 1. The van der Waals surface area contributed by atoms with E-state index in [2.05, 4.69) is 17.1 Å². The predicted molar refractivity (Wildman–Crippen MR) is 112 cm³/mol. The Hall–Kier alpha value is -1.48. The number of aromatic nitrogens is 2. The Labute approximate surface area is 177 Å². The third-order valence-electron chi connectivity index (χ3n) is 6.28. The highest BCUT2D eigenvalue weighted by Crippen LogP contribution is 2.64. The summed E-state index contributed by atoms with van der Waals surface area (Å²) in [5.41, 5.74) is 0.921. The summed E-state index contributed by atoms with van der Waals surface area (Å²) in [5.74, 6) is 1.41. The summed E-state index contributed by atoms with van der Waals surface area (Å²) in [5, 5.41) is 4.75. The normalized spacial score (nSPS) is 21.7. The van der Waals surface area contributed by atoms with Crippen LogP contribution >= 0.6 is 11.6 Å². The Morgan fingerprint density at radius 1 is 1.34 bits per heavy atom. The molecule has 1 saturated carbocycles. The van der Waals surface area contributed by atoms with Gasteiger partial charge in [0, 0.05) is 43.2 Å². The van der Waals surface area contributed by atoms with Crippen molar-refractivity contribution in [3.05, 3.63) is 35.2 Å². The Kier molecular flexibility index (Phi) is 5.72. The second kappa shape index (κ2) is 7.98. The number of piperidine rings is 1. The Morgan fingerprint density at radius 2 is 2.10 bits per heavy atom. The van der Waals surface area contributed by atoms with Crippen molar-refractivity contribution in [1.82, 2.24) is 18.8 Å². The molecule has 9 heteroatoms. The molecule has 1 aliphatic heterocycles. The maximum Gasteiger partial charge on any atom is 0.281 e. The molecule has 29 heavy (non-hydrogen) atoms. The van der Waals surface area contributed by atoms with Crippen molar-refractivity contribution >= 4 is 21.8 Å². The average molecular weight is 439 g/mol. The molecule has 2 fully saturated rings. The second-order valence-electron chi connectivity index (χ2n) is 8.17. The van der Waals surface area contributed by atoms with Crippen molar-refractivity contribution < 1.29 is 12.9 Å². The first-order valence-electron chi connectivity index (χ1n) is 10.2. The number of unbranched alkanes of at least 4 members (excludes halogenated alkanes) is 1. The van der Waals surface area contributed by atoms with Crippen LogP contribution < -0.4 is 0 Å². The molecule has 0 unspecified atom stereocenters. The molecule has 1 aliphatic carbocycles. The fourth-order valence-electron chi connectivity index (χ4n) is 4.23. The van der Waals surface area contributed by atoms with Crippen LogP contribution in [0.25, 0.3) is 11.4 Å². The van der Waals surface area contributed by atoms with Gasteiger partial charge in [-0.2, -0.15) is 22.0 Å². The molecule has 4 rings (SSSR count). The second-order valence-corrected chi connectivity index (χ2v) is 10.6. The summed E-state index contributed by atoms with van der Waals surface area (Å²) in [7, 11) is -1.70. The molecular weight excluding hydrogens is 412 g/mol. The lowest BCUT2D eigenvalue weighted by Gasteiger charge is -2.34. The lowest BCUT2D eigenvalue weighted by Crippen LogP contribution is -2.46. The maximum atomic E-state index is 12.8. The predicted octanol–water partition coefficient (Wildman–Crippen LogP) is 3.94. The summed E-state index contributed by atoms with van der Waals surface area (Å²) < 4.78 is 34.2. The third-order valence-corrected chi connectivity index (χ3v) is 8.50. The largest absolute Gasteiger partial charge is 0.339 e. The molecule has 7 nitrogen and oxygen atoms in total. The van der Waals surface area contributed by atoms with Crippen LogP contribution in [0.3, 0.4) is 0 Å². The first kappa shape index (κ1) is 20.8. The molecule has 1 aromatic heterocycles. The minimum atomic E-state index is -3.37. The van der Waals surface area contributed by atoms with E-state index < -0.39 is 10.2 Å². The van der Waals surface area contributed by atoms with Gasteiger partial charge in [0.2, 0.25) is 11.7 Å². The van der Waals surface area contributed by atoms with Crippen LogP contribution in [0, 0.1) is 5.41 Å². The molecule has 2 heterocycles. The minimum Gasteiger partial charge on any atom is -0.339 e. The number of rotatable bonds is 7. The monoisotopic (exact) mass is 438 g/mol. The zero-order valence-electron chi connectivity index (χ0n) is 16.8. The van der Waals surface area contributed by atoms with Crippen LogP contribution in [0.2, 0.25) is 5.02 Å². The van der Waals surface area contributed by atoms with Crippen LogP contribution in [0.1, 0.15) is 50.8 Å². The number of nitrogens with zero attached hydrogens (tertiary/aromatic N) is 4. The van der Waals surface area contributed by atoms with Crippen LogP contribution in [0.15, 0.2) is 28.8 Å². The van der Waals surface area contributed by atoms with E-state index >= 15 is 0 Å². The number of hydrogen-bond acceptors (Lipinski definition) is 5. The first-order valence-corrected chi connectivity index (χ1v) is 11.9. The molecule has 0 amide bonds. The van der Waals surface area contributed by atoms with Gasteiger partial charge in [-0.25, -0.2) is 0 Å². The summed E-state index contributed by atoms with van der Waals surface area (Å²) in [6, 6.07) is 7.39. The Balaban J connectivity index is 1.39. The van der Waals surface area contributed by atoms with Gasteiger partial charge < -0.3 is 4.52 Å². The molecule has 1 aromatic carbocycles. The molecule has 2 aliphatic rings. The van der Waals surface area contributed by atoms with E-state index in [-0.39, 0.29) is 11.3 Å². The van der Waals surface area contributed by atoms with Crippen LogP contribution in [0.4, 0.5) is 0 Å². The molecule has 2 aromatic rings. The molecule has 158 valence electrons. The van der Waals surface area contributed by atoms with Gasteiger partial charge in [-0.15, -0.1) is 0 Å². The van der Waals surface area contributed by atoms with E-state index in [1.807, 2.05) is 24.3 Å². The minimum absolute atomic E-state index is 0.0894. The fourth-order valence-corrected chi connectivity index (χ4v) is 5.81. The Bertz CT molecular complexity index is 970. The van der Waals surface area contributed by atoms with Gasteiger partial charge in [0.05, 0.1) is 0 Å². The van der Waals surface area contributed by atoms with Gasteiger partial charge in [-0.3, -0.25) is 0 Å². The van der Waals surface area contributed by atoms with E-state index in [1.54, 1.807) is 11.4 Å². The zero-order chi connectivity index (χ0) is 20.6. The highest BCUT2D eigenvalue weighted by Gasteiger charge is 2.59. The summed E-state index contributed by atoms with van der Waals surface area (Å²) in [6.07, 6.45) is 4.48. The molecule has 1 atom stereocenters. The van der Waals surface area contributed by atoms with Gasteiger partial charge in [-0.1, -0.05) is 42.2 Å². The highest BCUT2D eigenvalue weighted by molar-refractivity contribution is 7.86. The van der Waals surface area contributed by atoms with Crippen molar-refractivity contribution in [2.75, 3.05) is 26.7 Å². The third kappa shape index (κ3) is 4.08. The summed E-state index contributed by atoms with van der Waals surface area (Å²) in [6.45, 7) is 3.72. The molecule has 1 spiro atoms. The molecule has 0 N–H and O–H groups in total. The molecular formula is C20H27ClN4O3S. The standard InChI is InChI=1S/C20H27ClN4O3S/c1-3-4-10-24(2)29(26,27)25-11-8-20(9-12-25)14-17(20)19-22-18(23-28-19)15-6-5-7-16(21)13-15/h5-7,13,17H,3-4,8-12,14H2,1-2H3/t17-/m0/s1. The summed E-state index contributed by atoms with van der Waals surface area (Å²) in [4.78, 5) is 4.59. The van der Waals surface area contributed by atoms with Gasteiger partial charge in [0.15, 0.2) is 0 Å². The molecule has 0 radical (unpaired) electrons. The maximum absolute atomic E-state index is 12.8.